The van der Waals surface area contributed by atoms with Crippen molar-refractivity contribution in [1.29, 1.82) is 0 Å². The average Bonchev–Trinajstić information content (AvgIpc) is 2.98. The van der Waals surface area contributed by atoms with Gasteiger partial charge >= 0.3 is 0 Å². The number of carbonyl (C=O) groups is 1. The van der Waals surface area contributed by atoms with Crippen LogP contribution in [0.4, 0.5) is 0 Å². The van der Waals surface area contributed by atoms with E-state index in [4.69, 9.17) is 4.42 Å². The third kappa shape index (κ3) is 3.23. The van der Waals surface area contributed by atoms with E-state index < -0.39 is 0 Å². The van der Waals surface area contributed by atoms with E-state index in [1.807, 2.05) is 49.4 Å². The number of nitrogens with one attached hydrogen (secondary N) is 2. The zero-order chi connectivity index (χ0) is 13.7. The minimum absolute atomic E-state index is 0.0486. The maximum atomic E-state index is 11.6. The molecule has 0 fully saturated rings. The molecule has 0 aliphatic carbocycles. The molecule has 0 saturated carbocycles. The minimum Gasteiger partial charge on any atom is -0.467 e. The summed E-state index contributed by atoms with van der Waals surface area (Å²) < 4.78 is 5.47. The SMILES string of the molecule is CNC(=O)[C@H](C)N[C@H](c1ccccc1)c1ccco1. The van der Waals surface area contributed by atoms with E-state index in [2.05, 4.69) is 10.6 Å². The van der Waals surface area contributed by atoms with Gasteiger partial charge in [-0.3, -0.25) is 10.1 Å². The first-order chi connectivity index (χ1) is 9.22. The standard InChI is InChI=1S/C15H18N2O2/c1-11(15(18)16-2)17-14(13-9-6-10-19-13)12-7-4-3-5-8-12/h3-11,14,17H,1-2H3,(H,16,18)/t11-,14+/m0/s1. The van der Waals surface area contributed by atoms with E-state index in [9.17, 15) is 4.79 Å². The Morgan fingerprint density at radius 2 is 1.89 bits per heavy atom. The number of hydrogen-bond donors (Lipinski definition) is 2. The Labute approximate surface area is 112 Å². The van der Waals surface area contributed by atoms with Crippen molar-refractivity contribution in [2.24, 2.45) is 0 Å². The fourth-order valence-electron chi connectivity index (χ4n) is 1.99. The summed E-state index contributed by atoms with van der Waals surface area (Å²) in [5, 5.41) is 5.92. The van der Waals surface area contributed by atoms with E-state index in [0.717, 1.165) is 11.3 Å². The lowest BCUT2D eigenvalue weighted by atomic mass is 10.0. The van der Waals surface area contributed by atoms with Gasteiger partial charge in [-0.25, -0.2) is 0 Å². The summed E-state index contributed by atoms with van der Waals surface area (Å²) in [5.41, 5.74) is 1.06. The number of amides is 1. The van der Waals surface area contributed by atoms with Crippen LogP contribution in [0.1, 0.15) is 24.3 Å². The third-order valence-corrected chi connectivity index (χ3v) is 3.02. The first-order valence-electron chi connectivity index (χ1n) is 6.28. The molecule has 0 saturated heterocycles. The molecule has 19 heavy (non-hydrogen) atoms. The Morgan fingerprint density at radius 1 is 1.16 bits per heavy atom. The van der Waals surface area contributed by atoms with Crippen molar-refractivity contribution in [1.82, 2.24) is 10.6 Å². The predicted octanol–water partition coefficient (Wildman–Crippen LogP) is 2.09. The lowest BCUT2D eigenvalue weighted by molar-refractivity contribution is -0.122. The van der Waals surface area contributed by atoms with Crippen molar-refractivity contribution in [2.75, 3.05) is 7.05 Å². The van der Waals surface area contributed by atoms with Crippen LogP contribution in [0.25, 0.3) is 0 Å². The van der Waals surface area contributed by atoms with Gasteiger partial charge in [0, 0.05) is 7.05 Å². The van der Waals surface area contributed by atoms with Gasteiger partial charge in [-0.1, -0.05) is 30.3 Å². The van der Waals surface area contributed by atoms with Crippen molar-refractivity contribution in [2.45, 2.75) is 19.0 Å². The Bertz CT molecular complexity index is 508. The summed E-state index contributed by atoms with van der Waals surface area (Å²) in [4.78, 5) is 11.6. The molecule has 1 aromatic heterocycles. The smallest absolute Gasteiger partial charge is 0.236 e. The highest BCUT2D eigenvalue weighted by Gasteiger charge is 2.21. The predicted molar refractivity (Wildman–Crippen MR) is 73.7 cm³/mol. The Balaban J connectivity index is 2.24. The summed E-state index contributed by atoms with van der Waals surface area (Å²) >= 11 is 0. The molecule has 0 spiro atoms. The van der Waals surface area contributed by atoms with Gasteiger partial charge in [0.05, 0.1) is 18.3 Å². The number of benzene rings is 1. The molecule has 1 heterocycles. The van der Waals surface area contributed by atoms with Crippen molar-refractivity contribution < 1.29 is 9.21 Å². The Morgan fingerprint density at radius 3 is 2.47 bits per heavy atom. The van der Waals surface area contributed by atoms with Crippen LogP contribution in [0, 0.1) is 0 Å². The number of likely N-dealkylation sites (N-methyl/N-ethyl adjacent to an activating group) is 1. The normalized spacial score (nSPS) is 13.8. The van der Waals surface area contributed by atoms with E-state index in [1.165, 1.54) is 0 Å². The molecule has 2 aromatic rings. The van der Waals surface area contributed by atoms with Crippen molar-refractivity contribution >= 4 is 5.91 Å². The number of hydrogen-bond acceptors (Lipinski definition) is 3. The highest BCUT2D eigenvalue weighted by molar-refractivity contribution is 5.81. The summed E-state index contributed by atoms with van der Waals surface area (Å²) in [6.07, 6.45) is 1.64. The van der Waals surface area contributed by atoms with E-state index in [0.29, 0.717) is 0 Å². The summed E-state index contributed by atoms with van der Waals surface area (Å²) in [7, 11) is 1.63. The monoisotopic (exact) mass is 258 g/mol. The lowest BCUT2D eigenvalue weighted by Crippen LogP contribution is -2.42. The van der Waals surface area contributed by atoms with Gasteiger partial charge in [-0.15, -0.1) is 0 Å². The Hall–Kier alpha value is -2.07. The molecular formula is C15H18N2O2. The molecule has 4 heteroatoms. The first-order valence-corrected chi connectivity index (χ1v) is 6.28. The van der Waals surface area contributed by atoms with Gasteiger partial charge in [-0.2, -0.15) is 0 Å². The molecule has 0 unspecified atom stereocenters. The largest absolute Gasteiger partial charge is 0.467 e. The third-order valence-electron chi connectivity index (χ3n) is 3.02. The quantitative estimate of drug-likeness (QED) is 0.863. The molecule has 0 aliphatic rings. The molecule has 100 valence electrons. The van der Waals surface area contributed by atoms with Gasteiger partial charge in [-0.05, 0) is 24.6 Å². The van der Waals surface area contributed by atoms with Crippen LogP contribution in [0.3, 0.4) is 0 Å². The minimum atomic E-state index is -0.305. The van der Waals surface area contributed by atoms with Crippen molar-refractivity contribution in [3.8, 4) is 0 Å². The molecule has 0 aliphatic heterocycles. The van der Waals surface area contributed by atoms with Crippen LogP contribution in [0.2, 0.25) is 0 Å². The first kappa shape index (κ1) is 13.4. The van der Waals surface area contributed by atoms with Crippen molar-refractivity contribution in [3.63, 3.8) is 0 Å². The fourth-order valence-corrected chi connectivity index (χ4v) is 1.99. The number of carbonyl (C=O) groups excluding carboxylic acids is 1. The Kier molecular flexibility index (Phi) is 4.36. The van der Waals surface area contributed by atoms with E-state index in [1.54, 1.807) is 13.3 Å². The van der Waals surface area contributed by atoms with Gasteiger partial charge < -0.3 is 9.73 Å². The molecule has 4 nitrogen and oxygen atoms in total. The second-order valence-electron chi connectivity index (χ2n) is 4.36. The summed E-state index contributed by atoms with van der Waals surface area (Å²) in [6.45, 7) is 1.83. The van der Waals surface area contributed by atoms with E-state index in [-0.39, 0.29) is 18.0 Å². The van der Waals surface area contributed by atoms with Crippen LogP contribution in [0.5, 0.6) is 0 Å². The molecule has 0 radical (unpaired) electrons. The summed E-state index contributed by atoms with van der Waals surface area (Å²) in [6, 6.07) is 13.2. The maximum absolute atomic E-state index is 11.6. The average molecular weight is 258 g/mol. The second-order valence-corrected chi connectivity index (χ2v) is 4.36. The van der Waals surface area contributed by atoms with Crippen LogP contribution >= 0.6 is 0 Å². The molecule has 1 amide bonds. The van der Waals surface area contributed by atoms with Gasteiger partial charge in [0.25, 0.3) is 0 Å². The highest BCUT2D eigenvalue weighted by Crippen LogP contribution is 2.22. The zero-order valence-electron chi connectivity index (χ0n) is 11.1. The molecule has 2 rings (SSSR count). The zero-order valence-corrected chi connectivity index (χ0v) is 11.1. The lowest BCUT2D eigenvalue weighted by Gasteiger charge is -2.21. The van der Waals surface area contributed by atoms with Gasteiger partial charge in [0.2, 0.25) is 5.91 Å². The topological polar surface area (TPSA) is 54.3 Å². The van der Waals surface area contributed by atoms with Crippen LogP contribution in [-0.4, -0.2) is 19.0 Å². The number of rotatable bonds is 5. The molecule has 2 N–H and O–H groups in total. The van der Waals surface area contributed by atoms with Crippen LogP contribution in [-0.2, 0) is 4.79 Å². The van der Waals surface area contributed by atoms with Crippen LogP contribution < -0.4 is 10.6 Å². The second kappa shape index (κ2) is 6.20. The maximum Gasteiger partial charge on any atom is 0.236 e. The van der Waals surface area contributed by atoms with Crippen molar-refractivity contribution in [3.05, 3.63) is 60.1 Å². The fraction of sp³-hybridized carbons (Fsp3) is 0.267. The van der Waals surface area contributed by atoms with Gasteiger partial charge in [0.1, 0.15) is 5.76 Å². The molecule has 2 atom stereocenters. The van der Waals surface area contributed by atoms with E-state index >= 15 is 0 Å². The summed E-state index contributed by atoms with van der Waals surface area (Å²) in [5.74, 6) is 0.745. The van der Waals surface area contributed by atoms with Crippen LogP contribution in [0.15, 0.2) is 53.1 Å². The highest BCUT2D eigenvalue weighted by atomic mass is 16.3. The molecular weight excluding hydrogens is 240 g/mol. The molecule has 0 bridgehead atoms. The van der Waals surface area contributed by atoms with Gasteiger partial charge in [0.15, 0.2) is 0 Å². The molecule has 1 aromatic carbocycles. The number of furan rings is 1.